The summed E-state index contributed by atoms with van der Waals surface area (Å²) in [5.41, 5.74) is 1.24. The highest BCUT2D eigenvalue weighted by atomic mass is 32.2. The molecule has 0 fully saturated rings. The van der Waals surface area contributed by atoms with Crippen molar-refractivity contribution < 1.29 is 40.6 Å². The minimum absolute atomic E-state index is 0.107. The summed E-state index contributed by atoms with van der Waals surface area (Å²) in [6.45, 7) is 3.57. The number of hydrogen-bond acceptors (Lipinski definition) is 7. The van der Waals surface area contributed by atoms with Gasteiger partial charge in [-0.15, -0.1) is 0 Å². The van der Waals surface area contributed by atoms with Crippen LogP contribution in [0.4, 0.5) is 13.2 Å². The first-order valence-corrected chi connectivity index (χ1v) is 14.6. The number of carbonyl (C=O) groups excluding carboxylic acids is 1. The second kappa shape index (κ2) is 13.0. The smallest absolute Gasteiger partial charge is 0.426 e. The molecule has 1 amide bonds. The third-order valence-corrected chi connectivity index (χ3v) is 7.62. The Balaban J connectivity index is 1.57. The fourth-order valence-electron chi connectivity index (χ4n) is 4.36. The van der Waals surface area contributed by atoms with Crippen molar-refractivity contribution in [1.29, 1.82) is 0 Å². The van der Waals surface area contributed by atoms with E-state index in [-0.39, 0.29) is 18.2 Å². The van der Waals surface area contributed by atoms with Crippen LogP contribution in [-0.4, -0.2) is 47.2 Å². The van der Waals surface area contributed by atoms with Crippen molar-refractivity contribution in [2.24, 2.45) is 5.92 Å². The Morgan fingerprint density at radius 2 is 1.65 bits per heavy atom. The molecule has 3 N–H and O–H groups in total. The Bertz CT molecular complexity index is 1660. The van der Waals surface area contributed by atoms with Gasteiger partial charge in [-0.1, -0.05) is 50.2 Å². The third-order valence-electron chi connectivity index (χ3n) is 6.38. The van der Waals surface area contributed by atoms with Crippen LogP contribution in [-0.2, 0) is 27.6 Å². The molecule has 0 aliphatic rings. The number of nitrogens with one attached hydrogen (secondary N) is 1. The normalized spacial score (nSPS) is 12.7. The maximum Gasteiger partial charge on any atom is 0.475 e. The molecule has 9 nitrogen and oxygen atoms in total. The van der Waals surface area contributed by atoms with E-state index in [1.54, 1.807) is 6.07 Å². The van der Waals surface area contributed by atoms with Crippen LogP contribution in [0, 0.1) is 5.92 Å². The van der Waals surface area contributed by atoms with Gasteiger partial charge in [-0.3, -0.25) is 9.48 Å². The number of hydrogen-bond donors (Lipinski definition) is 3. The zero-order valence-corrected chi connectivity index (χ0v) is 24.0. The standard InChI is InChI=1S/C29H29BF3N3O6S/c1-19(2)15-27(30(38)39)34-28(37)18-36-26(21-7-4-3-5-8-21)17-25(35-36)20-11-13-23(14-12-20)42-43(40,41)24-10-6-9-22(16-24)29(31,32)33/h3-14,16-17,19,27,38-39H,15,18H2,1-2H3,(H,34,37)/t27-/m0/s1. The Morgan fingerprint density at radius 3 is 2.26 bits per heavy atom. The van der Waals surface area contributed by atoms with Crippen LogP contribution in [0.2, 0.25) is 0 Å². The molecular weight excluding hydrogens is 586 g/mol. The van der Waals surface area contributed by atoms with E-state index in [0.29, 0.717) is 29.4 Å². The summed E-state index contributed by atoms with van der Waals surface area (Å²) in [5, 5.41) is 26.6. The van der Waals surface area contributed by atoms with Gasteiger partial charge in [-0.2, -0.15) is 26.7 Å². The van der Waals surface area contributed by atoms with E-state index in [2.05, 4.69) is 10.4 Å². The van der Waals surface area contributed by atoms with Crippen molar-refractivity contribution in [3.63, 3.8) is 0 Å². The van der Waals surface area contributed by atoms with Crippen molar-refractivity contribution in [3.05, 3.63) is 90.5 Å². The molecule has 14 heteroatoms. The summed E-state index contributed by atoms with van der Waals surface area (Å²) < 4.78 is 71.0. The summed E-state index contributed by atoms with van der Waals surface area (Å²) in [7, 11) is -6.28. The van der Waals surface area contributed by atoms with E-state index >= 15 is 0 Å². The van der Waals surface area contributed by atoms with E-state index in [1.807, 2.05) is 44.2 Å². The van der Waals surface area contributed by atoms with Gasteiger partial charge in [0.15, 0.2) is 0 Å². The van der Waals surface area contributed by atoms with Crippen molar-refractivity contribution in [1.82, 2.24) is 15.1 Å². The second-order valence-corrected chi connectivity index (χ2v) is 11.8. The predicted octanol–water partition coefficient (Wildman–Crippen LogP) is 4.55. The molecule has 0 spiro atoms. The second-order valence-electron chi connectivity index (χ2n) is 10.2. The van der Waals surface area contributed by atoms with E-state index in [4.69, 9.17) is 4.18 Å². The SMILES string of the molecule is CC(C)C[C@H](NC(=O)Cn1nc(-c2ccc(OS(=O)(=O)c3cccc(C(F)(F)F)c3)cc2)cc1-c1ccccc1)B(O)O. The molecule has 3 aromatic carbocycles. The highest BCUT2D eigenvalue weighted by Crippen LogP contribution is 2.32. The number of amides is 1. The highest BCUT2D eigenvalue weighted by Gasteiger charge is 2.32. The van der Waals surface area contributed by atoms with Gasteiger partial charge in [0.25, 0.3) is 0 Å². The molecule has 0 aliphatic heterocycles. The lowest BCUT2D eigenvalue weighted by molar-refractivity contribution is -0.137. The molecule has 0 saturated heterocycles. The maximum absolute atomic E-state index is 13.0. The van der Waals surface area contributed by atoms with Gasteiger partial charge in [0.05, 0.1) is 22.9 Å². The number of carbonyl (C=O) groups is 1. The van der Waals surface area contributed by atoms with Gasteiger partial charge >= 0.3 is 23.4 Å². The molecule has 1 atom stereocenters. The third kappa shape index (κ3) is 8.24. The topological polar surface area (TPSA) is 131 Å². The largest absolute Gasteiger partial charge is 0.475 e. The van der Waals surface area contributed by atoms with Gasteiger partial charge in [0.1, 0.15) is 17.2 Å². The van der Waals surface area contributed by atoms with Gasteiger partial charge in [0, 0.05) is 5.56 Å². The zero-order chi connectivity index (χ0) is 31.4. The van der Waals surface area contributed by atoms with Crippen LogP contribution in [0.5, 0.6) is 5.75 Å². The fourth-order valence-corrected chi connectivity index (χ4v) is 5.33. The van der Waals surface area contributed by atoms with E-state index in [0.717, 1.165) is 23.8 Å². The number of alkyl halides is 3. The van der Waals surface area contributed by atoms with Crippen LogP contribution in [0.3, 0.4) is 0 Å². The van der Waals surface area contributed by atoms with E-state index in [1.165, 1.54) is 28.9 Å². The van der Waals surface area contributed by atoms with Crippen LogP contribution in [0.25, 0.3) is 22.5 Å². The molecule has 0 radical (unpaired) electrons. The zero-order valence-electron chi connectivity index (χ0n) is 23.2. The summed E-state index contributed by atoms with van der Waals surface area (Å²) in [5.74, 6) is -1.35. The first-order valence-electron chi connectivity index (χ1n) is 13.2. The van der Waals surface area contributed by atoms with Crippen molar-refractivity contribution in [2.75, 3.05) is 0 Å². The van der Waals surface area contributed by atoms with Gasteiger partial charge in [-0.25, -0.2) is 0 Å². The Hall–Kier alpha value is -4.14. The molecule has 4 aromatic rings. The number of benzene rings is 3. The van der Waals surface area contributed by atoms with Gasteiger partial charge in [-0.05, 0) is 66.4 Å². The molecule has 0 saturated carbocycles. The van der Waals surface area contributed by atoms with Crippen molar-refractivity contribution >= 4 is 23.1 Å². The lowest BCUT2D eigenvalue weighted by atomic mass is 9.75. The molecule has 43 heavy (non-hydrogen) atoms. The van der Waals surface area contributed by atoms with Crippen LogP contribution < -0.4 is 9.50 Å². The number of aromatic nitrogens is 2. The minimum Gasteiger partial charge on any atom is -0.426 e. The monoisotopic (exact) mass is 615 g/mol. The van der Waals surface area contributed by atoms with Crippen LogP contribution in [0.15, 0.2) is 89.8 Å². The number of halogens is 3. The summed E-state index contributed by atoms with van der Waals surface area (Å²) in [6.07, 6.45) is -4.36. The lowest BCUT2D eigenvalue weighted by Gasteiger charge is -2.20. The number of nitrogens with zero attached hydrogens (tertiary/aromatic N) is 2. The fraction of sp³-hybridized carbons (Fsp3) is 0.241. The first-order chi connectivity index (χ1) is 20.2. The molecule has 1 aromatic heterocycles. The number of rotatable bonds is 11. The average Bonchev–Trinajstić information content (AvgIpc) is 3.36. The van der Waals surface area contributed by atoms with Gasteiger partial charge < -0.3 is 19.5 Å². The van der Waals surface area contributed by atoms with E-state index in [9.17, 15) is 36.4 Å². The first kappa shape index (κ1) is 31.8. The average molecular weight is 615 g/mol. The predicted molar refractivity (Wildman–Crippen MR) is 154 cm³/mol. The van der Waals surface area contributed by atoms with Crippen molar-refractivity contribution in [2.45, 2.75) is 43.8 Å². The Kier molecular flexibility index (Phi) is 9.63. The summed E-state index contributed by atoms with van der Waals surface area (Å²) in [4.78, 5) is 12.2. The van der Waals surface area contributed by atoms with E-state index < -0.39 is 45.7 Å². The van der Waals surface area contributed by atoms with Crippen LogP contribution in [0.1, 0.15) is 25.8 Å². The molecule has 0 unspecified atom stereocenters. The summed E-state index contributed by atoms with van der Waals surface area (Å²) in [6, 6.07) is 19.9. The molecular formula is C29H29BF3N3O6S. The van der Waals surface area contributed by atoms with Crippen LogP contribution >= 0.6 is 0 Å². The molecule has 0 bridgehead atoms. The molecule has 4 rings (SSSR count). The van der Waals surface area contributed by atoms with Gasteiger partial charge in [0.2, 0.25) is 5.91 Å². The van der Waals surface area contributed by atoms with Crippen molar-refractivity contribution in [3.8, 4) is 28.3 Å². The minimum atomic E-state index is -4.72. The Morgan fingerprint density at radius 1 is 0.977 bits per heavy atom. The molecule has 0 aliphatic carbocycles. The summed E-state index contributed by atoms with van der Waals surface area (Å²) >= 11 is 0. The molecule has 1 heterocycles. The maximum atomic E-state index is 13.0. The lowest BCUT2D eigenvalue weighted by Crippen LogP contribution is -2.48. The quantitative estimate of drug-likeness (QED) is 0.167. The molecule has 226 valence electrons. The Labute approximate surface area is 247 Å². The highest BCUT2D eigenvalue weighted by molar-refractivity contribution is 7.87.